The van der Waals surface area contributed by atoms with E-state index in [9.17, 15) is 4.79 Å². The van der Waals surface area contributed by atoms with E-state index in [0.29, 0.717) is 13.0 Å². The van der Waals surface area contributed by atoms with Crippen LogP contribution in [0.15, 0.2) is 24.3 Å². The van der Waals surface area contributed by atoms with Crippen molar-refractivity contribution in [3.8, 4) is 0 Å². The van der Waals surface area contributed by atoms with Gasteiger partial charge in [0.1, 0.15) is 5.60 Å². The summed E-state index contributed by atoms with van der Waals surface area (Å²) >= 11 is 0. The second kappa shape index (κ2) is 5.66. The summed E-state index contributed by atoms with van der Waals surface area (Å²) in [5.41, 5.74) is 1.54. The zero-order chi connectivity index (χ0) is 13.8. The normalized spacial score (nSPS) is 15.2. The topological polar surface area (TPSA) is 26.3 Å². The second-order valence-corrected chi connectivity index (χ2v) is 5.62. The molecular weight excluding hydrogens is 224 g/mol. The zero-order valence-corrected chi connectivity index (χ0v) is 12.1. The summed E-state index contributed by atoms with van der Waals surface area (Å²) in [5, 5.41) is 0. The Hall–Kier alpha value is -1.15. The number of carbonyl (C=O) groups is 1. The van der Waals surface area contributed by atoms with E-state index < -0.39 is 5.60 Å². The first-order valence-corrected chi connectivity index (χ1v) is 6.61. The molecule has 1 rings (SSSR count). The minimum Gasteiger partial charge on any atom is -0.363 e. The molecule has 0 saturated carbocycles. The zero-order valence-electron chi connectivity index (χ0n) is 12.1. The summed E-state index contributed by atoms with van der Waals surface area (Å²) in [6.45, 7) is 11.0. The molecule has 0 fully saturated rings. The Morgan fingerprint density at radius 2 is 1.56 bits per heavy atom. The van der Waals surface area contributed by atoms with Crippen molar-refractivity contribution in [3.63, 3.8) is 0 Å². The molecule has 100 valence electrons. The highest BCUT2D eigenvalue weighted by molar-refractivity contribution is 5.66. The summed E-state index contributed by atoms with van der Waals surface area (Å²) in [4.78, 5) is 11.4. The maximum atomic E-state index is 11.4. The van der Waals surface area contributed by atoms with E-state index >= 15 is 0 Å². The second-order valence-electron chi connectivity index (χ2n) is 5.62. The molecule has 2 nitrogen and oxygen atoms in total. The van der Waals surface area contributed by atoms with Crippen LogP contribution in [0.2, 0.25) is 0 Å². The number of hydrogen-bond acceptors (Lipinski definition) is 2. The van der Waals surface area contributed by atoms with E-state index in [4.69, 9.17) is 4.74 Å². The van der Waals surface area contributed by atoms with Crippen molar-refractivity contribution >= 4 is 6.29 Å². The lowest BCUT2D eigenvalue weighted by Gasteiger charge is -2.28. The van der Waals surface area contributed by atoms with Crippen molar-refractivity contribution in [2.75, 3.05) is 6.61 Å². The predicted octanol–water partition coefficient (Wildman–Crippen LogP) is 3.82. The molecule has 0 aliphatic heterocycles. The summed E-state index contributed by atoms with van der Waals surface area (Å²) in [7, 11) is 0. The van der Waals surface area contributed by atoms with Crippen LogP contribution in [0.25, 0.3) is 0 Å². The third-order valence-electron chi connectivity index (χ3n) is 3.36. The van der Waals surface area contributed by atoms with Crippen LogP contribution < -0.4 is 0 Å². The van der Waals surface area contributed by atoms with Gasteiger partial charge in [0.2, 0.25) is 0 Å². The fraction of sp³-hybridized carbons (Fsp3) is 0.562. The van der Waals surface area contributed by atoms with Crippen molar-refractivity contribution in [1.29, 1.82) is 0 Å². The van der Waals surface area contributed by atoms with E-state index in [1.807, 2.05) is 26.0 Å². The Bertz CT molecular complexity index is 387. The van der Waals surface area contributed by atoms with Gasteiger partial charge in [-0.25, -0.2) is 0 Å². The third-order valence-corrected chi connectivity index (χ3v) is 3.36. The van der Waals surface area contributed by atoms with Gasteiger partial charge in [0.05, 0.1) is 0 Å². The Balaban J connectivity index is 3.12. The van der Waals surface area contributed by atoms with Crippen molar-refractivity contribution in [2.24, 2.45) is 0 Å². The minimum absolute atomic E-state index is 0.125. The molecule has 0 aliphatic rings. The van der Waals surface area contributed by atoms with E-state index in [0.717, 1.165) is 11.8 Å². The first kappa shape index (κ1) is 14.9. The van der Waals surface area contributed by atoms with Gasteiger partial charge in [0.15, 0.2) is 6.29 Å². The number of aldehydes is 1. The molecule has 0 heterocycles. The number of benzene rings is 1. The van der Waals surface area contributed by atoms with Crippen LogP contribution in [-0.4, -0.2) is 12.9 Å². The summed E-state index contributed by atoms with van der Waals surface area (Å²) < 4.78 is 5.67. The van der Waals surface area contributed by atoms with Crippen LogP contribution in [0.4, 0.5) is 0 Å². The molecule has 0 aromatic heterocycles. The number of hydrogen-bond donors (Lipinski definition) is 0. The maximum Gasteiger partial charge on any atom is 0.156 e. The van der Waals surface area contributed by atoms with Crippen LogP contribution in [-0.2, 0) is 20.5 Å². The summed E-state index contributed by atoms with van der Waals surface area (Å²) in [6.07, 6.45) is 1.57. The molecule has 1 aromatic rings. The van der Waals surface area contributed by atoms with Crippen molar-refractivity contribution in [2.45, 2.75) is 52.1 Å². The van der Waals surface area contributed by atoms with Crippen LogP contribution >= 0.6 is 0 Å². The number of carbonyl (C=O) groups excluding carboxylic acids is 1. The van der Waals surface area contributed by atoms with Gasteiger partial charge >= 0.3 is 0 Å². The molecule has 0 spiro atoms. The van der Waals surface area contributed by atoms with E-state index in [1.165, 1.54) is 5.56 Å². The smallest absolute Gasteiger partial charge is 0.156 e. The largest absolute Gasteiger partial charge is 0.363 e. The van der Waals surface area contributed by atoms with Gasteiger partial charge in [0, 0.05) is 6.61 Å². The fourth-order valence-electron chi connectivity index (χ4n) is 2.08. The molecule has 0 aliphatic carbocycles. The van der Waals surface area contributed by atoms with Crippen LogP contribution in [0.5, 0.6) is 0 Å². The molecule has 1 unspecified atom stereocenters. The number of rotatable bonds is 5. The highest BCUT2D eigenvalue weighted by Crippen LogP contribution is 2.30. The average molecular weight is 248 g/mol. The molecule has 2 heteroatoms. The quantitative estimate of drug-likeness (QED) is 0.740. The number of ether oxygens (including phenoxy) is 1. The molecule has 1 atom stereocenters. The average Bonchev–Trinajstić information content (AvgIpc) is 2.35. The molecule has 0 amide bonds. The van der Waals surface area contributed by atoms with Crippen molar-refractivity contribution < 1.29 is 9.53 Å². The molecule has 0 bridgehead atoms. The Labute approximate surface area is 110 Å². The molecule has 0 saturated heterocycles. The predicted molar refractivity (Wildman–Crippen MR) is 74.8 cm³/mol. The third kappa shape index (κ3) is 2.99. The van der Waals surface area contributed by atoms with Gasteiger partial charge < -0.3 is 4.74 Å². The van der Waals surface area contributed by atoms with Gasteiger partial charge in [0.25, 0.3) is 0 Å². The lowest BCUT2D eigenvalue weighted by molar-refractivity contribution is -0.132. The summed E-state index contributed by atoms with van der Waals surface area (Å²) in [6, 6.07) is 8.19. The lowest BCUT2D eigenvalue weighted by atomic mass is 9.84. The Morgan fingerprint density at radius 3 is 1.89 bits per heavy atom. The highest BCUT2D eigenvalue weighted by Gasteiger charge is 2.30. The summed E-state index contributed by atoms with van der Waals surface area (Å²) in [5.74, 6) is 0. The van der Waals surface area contributed by atoms with Gasteiger partial charge in [-0.2, -0.15) is 0 Å². The first-order chi connectivity index (χ1) is 8.39. The van der Waals surface area contributed by atoms with Crippen LogP contribution in [0.1, 0.15) is 52.2 Å². The molecule has 0 N–H and O–H groups in total. The maximum absolute atomic E-state index is 11.4. The highest BCUT2D eigenvalue weighted by atomic mass is 16.5. The fourth-order valence-corrected chi connectivity index (χ4v) is 2.08. The Morgan fingerprint density at radius 1 is 1.06 bits per heavy atom. The van der Waals surface area contributed by atoms with Gasteiger partial charge in [-0.15, -0.1) is 0 Å². The molecule has 18 heavy (non-hydrogen) atoms. The minimum atomic E-state index is -0.787. The monoisotopic (exact) mass is 248 g/mol. The van der Waals surface area contributed by atoms with Crippen LogP contribution in [0.3, 0.4) is 0 Å². The van der Waals surface area contributed by atoms with Gasteiger partial charge in [-0.3, -0.25) is 4.79 Å². The SMILES string of the molecule is CCOC(C=O)(CC)c1ccc(C(C)(C)C)cc1. The van der Waals surface area contributed by atoms with Gasteiger partial charge in [-0.05, 0) is 29.9 Å². The van der Waals surface area contributed by atoms with E-state index in [-0.39, 0.29) is 5.41 Å². The molecule has 0 radical (unpaired) electrons. The Kier molecular flexibility index (Phi) is 4.69. The first-order valence-electron chi connectivity index (χ1n) is 6.61. The standard InChI is InChI=1S/C16H24O2/c1-6-16(12-17,18-7-2)14-10-8-13(9-11-14)15(3,4)5/h8-12H,6-7H2,1-5H3. The lowest BCUT2D eigenvalue weighted by Crippen LogP contribution is -2.31. The van der Waals surface area contributed by atoms with Crippen molar-refractivity contribution in [1.82, 2.24) is 0 Å². The molecule has 1 aromatic carbocycles. The van der Waals surface area contributed by atoms with Crippen LogP contribution in [0, 0.1) is 0 Å². The van der Waals surface area contributed by atoms with E-state index in [2.05, 4.69) is 32.9 Å². The van der Waals surface area contributed by atoms with Crippen molar-refractivity contribution in [3.05, 3.63) is 35.4 Å². The van der Waals surface area contributed by atoms with Gasteiger partial charge in [-0.1, -0.05) is 52.0 Å². The van der Waals surface area contributed by atoms with E-state index in [1.54, 1.807) is 0 Å². The molecular formula is C16H24O2.